The molecule has 0 aliphatic rings. The van der Waals surface area contributed by atoms with Crippen LogP contribution in [0.3, 0.4) is 0 Å². The number of sulfone groups is 1. The number of aromatic hydroxyl groups is 1. The van der Waals surface area contributed by atoms with Crippen LogP contribution in [0.5, 0.6) is 5.75 Å². The van der Waals surface area contributed by atoms with Crippen molar-refractivity contribution in [3.05, 3.63) is 72.8 Å². The maximum atomic E-state index is 12.0. The van der Waals surface area contributed by atoms with E-state index in [1.807, 2.05) is 36.4 Å². The molecule has 1 N–H and O–H groups in total. The molecule has 0 saturated heterocycles. The smallest absolute Gasteiger partial charge is 0.179 e. The number of phenols is 1. The molecule has 0 unspecified atom stereocenters. The van der Waals surface area contributed by atoms with Crippen LogP contribution in [-0.2, 0) is 9.84 Å². The van der Waals surface area contributed by atoms with E-state index in [0.717, 1.165) is 33.2 Å². The van der Waals surface area contributed by atoms with Crippen LogP contribution in [0.4, 0.5) is 0 Å². The first-order valence-electron chi connectivity index (χ1n) is 8.64. The van der Waals surface area contributed by atoms with Gasteiger partial charge in [0.25, 0.3) is 0 Å². The molecule has 0 amide bonds. The number of hydrogen-bond acceptors (Lipinski definition) is 3. The zero-order valence-corrected chi connectivity index (χ0v) is 15.4. The van der Waals surface area contributed by atoms with Gasteiger partial charge in [-0.15, -0.1) is 0 Å². The maximum Gasteiger partial charge on any atom is 0.179 e. The fraction of sp³-hybridized carbons (Fsp3) is 0.0435. The van der Waals surface area contributed by atoms with Crippen molar-refractivity contribution >= 4 is 52.9 Å². The third-order valence-electron chi connectivity index (χ3n) is 5.24. The minimum atomic E-state index is -3.51. The van der Waals surface area contributed by atoms with E-state index in [1.54, 1.807) is 6.07 Å². The molecule has 0 saturated carbocycles. The minimum absolute atomic E-state index is 0.0406. The van der Waals surface area contributed by atoms with Crippen LogP contribution in [-0.4, -0.2) is 19.8 Å². The molecule has 0 heterocycles. The lowest BCUT2D eigenvalue weighted by Crippen LogP contribution is -1.97. The van der Waals surface area contributed by atoms with Crippen molar-refractivity contribution in [1.29, 1.82) is 0 Å². The first-order chi connectivity index (χ1) is 12.9. The number of rotatable bonds is 1. The van der Waals surface area contributed by atoms with E-state index < -0.39 is 9.84 Å². The molecule has 0 aromatic heterocycles. The Morgan fingerprint density at radius 3 is 1.96 bits per heavy atom. The van der Waals surface area contributed by atoms with E-state index in [9.17, 15) is 13.5 Å². The lowest BCUT2D eigenvalue weighted by Gasteiger charge is -2.12. The van der Waals surface area contributed by atoms with Gasteiger partial charge in [0.1, 0.15) is 10.6 Å². The second-order valence-corrected chi connectivity index (χ2v) is 8.87. The molecule has 4 heteroatoms. The molecule has 0 spiro atoms. The molecule has 3 nitrogen and oxygen atoms in total. The van der Waals surface area contributed by atoms with Crippen molar-refractivity contribution < 1.29 is 13.5 Å². The summed E-state index contributed by atoms with van der Waals surface area (Å²) in [5.74, 6) is -0.180. The first-order valence-corrected chi connectivity index (χ1v) is 10.5. The predicted molar refractivity (Wildman–Crippen MR) is 111 cm³/mol. The Labute approximate surface area is 156 Å². The summed E-state index contributed by atoms with van der Waals surface area (Å²) in [6.07, 6.45) is 1.11. The van der Waals surface area contributed by atoms with Crippen LogP contribution < -0.4 is 0 Å². The molecule has 27 heavy (non-hydrogen) atoms. The molecular formula is C23H16O3S. The fourth-order valence-electron chi connectivity index (χ4n) is 3.99. The summed E-state index contributed by atoms with van der Waals surface area (Å²) < 4.78 is 24.1. The van der Waals surface area contributed by atoms with Gasteiger partial charge < -0.3 is 5.11 Å². The number of phenolic OH excluding ortho intramolecular Hbond substituents is 1. The summed E-state index contributed by atoms with van der Waals surface area (Å²) in [6.45, 7) is 0. The van der Waals surface area contributed by atoms with Gasteiger partial charge in [-0.1, -0.05) is 66.7 Å². The summed E-state index contributed by atoms with van der Waals surface area (Å²) in [7, 11) is -3.51. The average molecular weight is 372 g/mol. The molecule has 5 aromatic carbocycles. The zero-order valence-electron chi connectivity index (χ0n) is 14.6. The molecule has 5 rings (SSSR count). The Balaban J connectivity index is 1.99. The Hall–Kier alpha value is -3.11. The molecule has 0 bridgehead atoms. The summed E-state index contributed by atoms with van der Waals surface area (Å²) in [5.41, 5.74) is 0. The van der Waals surface area contributed by atoms with E-state index in [0.29, 0.717) is 5.39 Å². The number of benzene rings is 5. The van der Waals surface area contributed by atoms with Crippen LogP contribution in [0.15, 0.2) is 77.7 Å². The molecule has 0 atom stereocenters. The molecule has 0 fully saturated rings. The van der Waals surface area contributed by atoms with Crippen molar-refractivity contribution in [2.45, 2.75) is 4.90 Å². The van der Waals surface area contributed by atoms with E-state index in [1.165, 1.54) is 16.8 Å². The van der Waals surface area contributed by atoms with Crippen LogP contribution in [0.25, 0.3) is 43.1 Å². The van der Waals surface area contributed by atoms with Crippen molar-refractivity contribution in [2.75, 3.05) is 6.26 Å². The summed E-state index contributed by atoms with van der Waals surface area (Å²) in [4.78, 5) is -0.0406. The normalized spacial score (nSPS) is 12.3. The van der Waals surface area contributed by atoms with Crippen molar-refractivity contribution in [1.82, 2.24) is 0 Å². The quantitative estimate of drug-likeness (QED) is 0.400. The predicted octanol–water partition coefficient (Wildman–Crippen LogP) is 5.41. The average Bonchev–Trinajstić information content (AvgIpc) is 2.66. The molecule has 0 aliphatic carbocycles. The summed E-state index contributed by atoms with van der Waals surface area (Å²) >= 11 is 0. The standard InChI is InChI=1S/C23H16O3S/c1-27(25,26)21-13-8-15-7-10-19-18-9-6-14-4-2-3-5-16(14)17(18)11-12-20(19)22(15)23(21)24/h2-13,24H,1H3. The Morgan fingerprint density at radius 2 is 1.19 bits per heavy atom. The minimum Gasteiger partial charge on any atom is -0.506 e. The lowest BCUT2D eigenvalue weighted by atomic mass is 9.94. The number of fused-ring (bicyclic) bond motifs is 7. The highest BCUT2D eigenvalue weighted by Gasteiger charge is 2.17. The Kier molecular flexibility index (Phi) is 3.24. The number of hydrogen-bond donors (Lipinski definition) is 1. The second kappa shape index (κ2) is 5.44. The lowest BCUT2D eigenvalue weighted by molar-refractivity contribution is 0.466. The van der Waals surface area contributed by atoms with Gasteiger partial charge in [-0.3, -0.25) is 0 Å². The van der Waals surface area contributed by atoms with Crippen molar-refractivity contribution in [3.8, 4) is 5.75 Å². The van der Waals surface area contributed by atoms with Gasteiger partial charge in [0.15, 0.2) is 9.84 Å². The topological polar surface area (TPSA) is 54.4 Å². The zero-order chi connectivity index (χ0) is 18.8. The van der Waals surface area contributed by atoms with Crippen LogP contribution in [0, 0.1) is 0 Å². The Morgan fingerprint density at radius 1 is 0.630 bits per heavy atom. The van der Waals surface area contributed by atoms with E-state index in [4.69, 9.17) is 0 Å². The van der Waals surface area contributed by atoms with Gasteiger partial charge in [0, 0.05) is 11.6 Å². The van der Waals surface area contributed by atoms with Gasteiger partial charge in [0.2, 0.25) is 0 Å². The summed E-state index contributed by atoms with van der Waals surface area (Å²) in [5, 5.41) is 18.5. The van der Waals surface area contributed by atoms with E-state index in [-0.39, 0.29) is 10.6 Å². The fourth-order valence-corrected chi connectivity index (χ4v) is 4.76. The molecule has 0 radical (unpaired) electrons. The highest BCUT2D eigenvalue weighted by Crippen LogP contribution is 2.40. The van der Waals surface area contributed by atoms with Gasteiger partial charge in [-0.2, -0.15) is 0 Å². The Bertz CT molecular complexity index is 1500. The van der Waals surface area contributed by atoms with Crippen LogP contribution >= 0.6 is 0 Å². The van der Waals surface area contributed by atoms with Gasteiger partial charge in [0.05, 0.1) is 0 Å². The van der Waals surface area contributed by atoms with Crippen molar-refractivity contribution in [2.24, 2.45) is 0 Å². The monoisotopic (exact) mass is 372 g/mol. The maximum absolute atomic E-state index is 12.0. The largest absolute Gasteiger partial charge is 0.506 e. The van der Waals surface area contributed by atoms with Crippen molar-refractivity contribution in [3.63, 3.8) is 0 Å². The molecule has 0 aliphatic heterocycles. The molecule has 5 aromatic rings. The summed E-state index contributed by atoms with van der Waals surface area (Å²) in [6, 6.07) is 23.6. The van der Waals surface area contributed by atoms with Crippen LogP contribution in [0.1, 0.15) is 0 Å². The SMILES string of the molecule is CS(=O)(=O)c1ccc2ccc3c4ccc5ccccc5c4ccc3c2c1O. The molecular weight excluding hydrogens is 356 g/mol. The van der Waals surface area contributed by atoms with E-state index >= 15 is 0 Å². The third-order valence-corrected chi connectivity index (χ3v) is 6.37. The second-order valence-electron chi connectivity index (χ2n) is 6.89. The molecule has 132 valence electrons. The van der Waals surface area contributed by atoms with Gasteiger partial charge in [-0.05, 0) is 43.8 Å². The van der Waals surface area contributed by atoms with Gasteiger partial charge in [-0.25, -0.2) is 8.42 Å². The van der Waals surface area contributed by atoms with Crippen LogP contribution in [0.2, 0.25) is 0 Å². The highest BCUT2D eigenvalue weighted by atomic mass is 32.2. The van der Waals surface area contributed by atoms with Gasteiger partial charge >= 0.3 is 0 Å². The highest BCUT2D eigenvalue weighted by molar-refractivity contribution is 7.90. The van der Waals surface area contributed by atoms with E-state index in [2.05, 4.69) is 24.3 Å². The third kappa shape index (κ3) is 2.30. The first kappa shape index (κ1) is 16.1.